The molecule has 0 radical (unpaired) electrons. The number of hydrogen-bond acceptors (Lipinski definition) is 10. The molecule has 0 saturated carbocycles. The lowest BCUT2D eigenvalue weighted by atomic mass is 9.83. The smallest absolute Gasteiger partial charge is 0.339 e. The Labute approximate surface area is 236 Å². The fourth-order valence-corrected chi connectivity index (χ4v) is 4.71. The van der Waals surface area contributed by atoms with E-state index >= 15 is 0 Å². The van der Waals surface area contributed by atoms with Gasteiger partial charge in [0.1, 0.15) is 5.69 Å². The highest BCUT2D eigenvalue weighted by Gasteiger charge is 2.39. The number of ketones is 3. The number of hydrogen-bond donors (Lipinski definition) is 2. The lowest BCUT2D eigenvalue weighted by molar-refractivity contribution is -0.150. The van der Waals surface area contributed by atoms with Gasteiger partial charge in [0.2, 0.25) is 5.78 Å². The number of anilines is 1. The number of rotatable bonds is 7. The van der Waals surface area contributed by atoms with Crippen molar-refractivity contribution < 1.29 is 38.2 Å². The monoisotopic (exact) mass is 567 g/mol. The van der Waals surface area contributed by atoms with Crippen LogP contribution in [0, 0.1) is 0 Å². The number of nitrogens with zero attached hydrogens (tertiary/aromatic N) is 1. The lowest BCUT2D eigenvalue weighted by Crippen LogP contribution is -2.37. The first-order valence-electron chi connectivity index (χ1n) is 12.6. The molecule has 5 rings (SSSR count). The Hall–Kier alpha value is -5.78. The van der Waals surface area contributed by atoms with Gasteiger partial charge in [-0.3, -0.25) is 28.8 Å². The minimum absolute atomic E-state index is 0.0116. The number of nitrogens with one attached hydrogen (secondary N) is 2. The van der Waals surface area contributed by atoms with Gasteiger partial charge in [-0.1, -0.05) is 36.4 Å². The molecule has 1 aromatic heterocycles. The van der Waals surface area contributed by atoms with Crippen molar-refractivity contribution in [3.05, 3.63) is 105 Å². The summed E-state index contributed by atoms with van der Waals surface area (Å²) < 4.78 is 9.67. The average molecular weight is 568 g/mol. The van der Waals surface area contributed by atoms with Crippen LogP contribution < -0.4 is 10.9 Å². The quantitative estimate of drug-likeness (QED) is 0.168. The molecule has 42 heavy (non-hydrogen) atoms. The van der Waals surface area contributed by atoms with Crippen LogP contribution in [0.4, 0.5) is 5.69 Å². The number of carbonyl (C=O) groups excluding carboxylic acids is 6. The van der Waals surface area contributed by atoms with Gasteiger partial charge in [0.25, 0.3) is 11.5 Å². The molecule has 1 aliphatic carbocycles. The molecule has 0 aliphatic heterocycles. The van der Waals surface area contributed by atoms with Crippen LogP contribution in [0.5, 0.6) is 0 Å². The van der Waals surface area contributed by atoms with E-state index in [1.807, 2.05) is 0 Å². The molecule has 4 aromatic rings. The van der Waals surface area contributed by atoms with Gasteiger partial charge in [0.15, 0.2) is 17.5 Å². The number of amides is 1. The third kappa shape index (κ3) is 4.64. The van der Waals surface area contributed by atoms with E-state index in [9.17, 15) is 33.6 Å². The summed E-state index contributed by atoms with van der Waals surface area (Å²) >= 11 is 0. The zero-order chi connectivity index (χ0) is 30.1. The van der Waals surface area contributed by atoms with E-state index in [1.54, 1.807) is 12.1 Å². The molecular formula is C30H21N3O9. The Morgan fingerprint density at radius 1 is 0.881 bits per heavy atom. The molecule has 1 atom stereocenters. The highest BCUT2D eigenvalue weighted by molar-refractivity contribution is 6.45. The van der Waals surface area contributed by atoms with Gasteiger partial charge in [0, 0.05) is 16.7 Å². The zero-order valence-electron chi connectivity index (χ0n) is 22.2. The normalized spacial score (nSPS) is 12.6. The highest BCUT2D eigenvalue weighted by Crippen LogP contribution is 2.31. The summed E-state index contributed by atoms with van der Waals surface area (Å²) in [7, 11) is 1.14. The van der Waals surface area contributed by atoms with Gasteiger partial charge in [-0.25, -0.2) is 9.78 Å². The molecule has 1 heterocycles. The number of aromatic nitrogens is 2. The SMILES string of the molecule is CCOC(=O)[C@H](C(=O)C(=O)Nc1ccccc1C(=O)OC)c1nc2ccc3c(c2[nH]c1=O)C(=O)c1ccccc1C3=O. The molecule has 0 fully saturated rings. The maximum Gasteiger partial charge on any atom is 0.339 e. The number of fused-ring (bicyclic) bond motifs is 4. The van der Waals surface area contributed by atoms with E-state index in [0.29, 0.717) is 0 Å². The van der Waals surface area contributed by atoms with Crippen molar-refractivity contribution in [3.63, 3.8) is 0 Å². The maximum atomic E-state index is 13.3. The Kier molecular flexibility index (Phi) is 7.28. The van der Waals surface area contributed by atoms with Crippen LogP contribution in [0.15, 0.2) is 65.5 Å². The zero-order valence-corrected chi connectivity index (χ0v) is 22.2. The molecule has 12 heteroatoms. The second-order valence-corrected chi connectivity index (χ2v) is 9.08. The molecule has 1 aliphatic rings. The number of para-hydroxylation sites is 1. The molecular weight excluding hydrogens is 546 g/mol. The summed E-state index contributed by atoms with van der Waals surface area (Å²) in [6, 6.07) is 14.7. The summed E-state index contributed by atoms with van der Waals surface area (Å²) in [5.41, 5.74) is -1.57. The van der Waals surface area contributed by atoms with E-state index in [1.165, 1.54) is 55.5 Å². The summed E-state index contributed by atoms with van der Waals surface area (Å²) in [5.74, 6) is -7.73. The van der Waals surface area contributed by atoms with Crippen LogP contribution in [-0.4, -0.2) is 58.9 Å². The van der Waals surface area contributed by atoms with Crippen LogP contribution in [0.25, 0.3) is 11.0 Å². The number of H-pyrrole nitrogens is 1. The van der Waals surface area contributed by atoms with E-state index in [0.717, 1.165) is 7.11 Å². The molecule has 210 valence electrons. The van der Waals surface area contributed by atoms with E-state index in [-0.39, 0.29) is 51.1 Å². The molecule has 2 N–H and O–H groups in total. The first kappa shape index (κ1) is 27.8. The fraction of sp³-hybridized carbons (Fsp3) is 0.133. The third-order valence-corrected chi connectivity index (χ3v) is 6.65. The van der Waals surface area contributed by atoms with Crippen molar-refractivity contribution in [1.29, 1.82) is 0 Å². The summed E-state index contributed by atoms with van der Waals surface area (Å²) in [5, 5.41) is 2.27. The molecule has 3 aromatic carbocycles. The van der Waals surface area contributed by atoms with E-state index in [4.69, 9.17) is 4.74 Å². The number of aromatic amines is 1. The van der Waals surface area contributed by atoms with Crippen LogP contribution in [0.2, 0.25) is 0 Å². The first-order chi connectivity index (χ1) is 20.2. The topological polar surface area (TPSA) is 179 Å². The number of ether oxygens (including phenoxy) is 2. The van der Waals surface area contributed by atoms with Crippen molar-refractivity contribution >= 4 is 51.9 Å². The molecule has 1 amide bonds. The second kappa shape index (κ2) is 11.0. The number of carbonyl (C=O) groups is 6. The minimum Gasteiger partial charge on any atom is -0.465 e. The maximum absolute atomic E-state index is 13.3. The Morgan fingerprint density at radius 2 is 1.55 bits per heavy atom. The van der Waals surface area contributed by atoms with Crippen molar-refractivity contribution in [1.82, 2.24) is 9.97 Å². The fourth-order valence-electron chi connectivity index (χ4n) is 4.71. The molecule has 0 spiro atoms. The predicted octanol–water partition coefficient (Wildman–Crippen LogP) is 2.34. The van der Waals surface area contributed by atoms with Gasteiger partial charge >= 0.3 is 11.9 Å². The van der Waals surface area contributed by atoms with Crippen LogP contribution >= 0.6 is 0 Å². The first-order valence-corrected chi connectivity index (χ1v) is 12.6. The van der Waals surface area contributed by atoms with Gasteiger partial charge in [-0.15, -0.1) is 0 Å². The van der Waals surface area contributed by atoms with Gasteiger partial charge in [-0.2, -0.15) is 0 Å². The van der Waals surface area contributed by atoms with Crippen LogP contribution in [-0.2, 0) is 23.9 Å². The van der Waals surface area contributed by atoms with Crippen molar-refractivity contribution in [3.8, 4) is 0 Å². The average Bonchev–Trinajstić information content (AvgIpc) is 2.99. The Morgan fingerprint density at radius 3 is 2.24 bits per heavy atom. The molecule has 0 saturated heterocycles. The molecule has 12 nitrogen and oxygen atoms in total. The van der Waals surface area contributed by atoms with Gasteiger partial charge in [-0.05, 0) is 31.2 Å². The number of methoxy groups -OCH3 is 1. The summed E-state index contributed by atoms with van der Waals surface area (Å²) in [6.45, 7) is 1.29. The minimum atomic E-state index is -2.09. The van der Waals surface area contributed by atoms with E-state index < -0.39 is 52.4 Å². The van der Waals surface area contributed by atoms with Crippen molar-refractivity contribution in [2.24, 2.45) is 0 Å². The predicted molar refractivity (Wildman–Crippen MR) is 146 cm³/mol. The van der Waals surface area contributed by atoms with Crippen LogP contribution in [0.1, 0.15) is 60.7 Å². The highest BCUT2D eigenvalue weighted by atomic mass is 16.5. The Bertz CT molecular complexity index is 1910. The van der Waals surface area contributed by atoms with Crippen molar-refractivity contribution in [2.45, 2.75) is 12.8 Å². The third-order valence-electron chi connectivity index (χ3n) is 6.65. The lowest BCUT2D eigenvalue weighted by Gasteiger charge is -2.19. The second-order valence-electron chi connectivity index (χ2n) is 9.08. The number of Topliss-reactive ketones (excluding diaryl/α,β-unsaturated/α-hetero) is 1. The molecule has 0 unspecified atom stereocenters. The van der Waals surface area contributed by atoms with Crippen molar-refractivity contribution in [2.75, 3.05) is 19.0 Å². The number of benzene rings is 3. The molecule has 0 bridgehead atoms. The van der Waals surface area contributed by atoms with E-state index in [2.05, 4.69) is 20.0 Å². The largest absolute Gasteiger partial charge is 0.465 e. The standard InChI is InChI=1S/C30H21N3O9/c1-3-42-30(40)21(26(36)28(38)32-18-11-7-6-10-16(18)29(39)41-2)23-27(37)33-22-19(31-23)13-12-17-20(22)25(35)15-9-5-4-8-14(15)24(17)34/h4-13,21H,3H2,1-2H3,(H,32,38)(H,33,37)/t21-/m0/s1. The summed E-state index contributed by atoms with van der Waals surface area (Å²) in [4.78, 5) is 97.8. The van der Waals surface area contributed by atoms with Gasteiger partial charge in [0.05, 0.1) is 41.6 Å². The Balaban J connectivity index is 1.58. The van der Waals surface area contributed by atoms with Crippen LogP contribution in [0.3, 0.4) is 0 Å². The van der Waals surface area contributed by atoms with Gasteiger partial charge < -0.3 is 19.8 Å². The summed E-state index contributed by atoms with van der Waals surface area (Å²) in [6.07, 6.45) is 0. The number of esters is 2.